The van der Waals surface area contributed by atoms with E-state index in [9.17, 15) is 8.22 Å². The molecular formula is C50H30O. The SMILES string of the molecule is [2H]c1c([2H])c([2H])c2c([2H])c(-c3c4c([2H])c([2H])c([2H])c([2H])c4c(-c4ccc5cccc(-c6ccc7c(c6)oc6ccc8ccccc8c67)c5c4)c4c([2H])c([2H])c([2H])c([2H])c34)c([2H])c([2H])c2c1[2H]. The molecule has 236 valence electrons. The highest BCUT2D eigenvalue weighted by Gasteiger charge is 2.18. The fraction of sp³-hybridized carbons (Fsp3) is 0. The van der Waals surface area contributed by atoms with Crippen LogP contribution in [0, 0.1) is 0 Å². The van der Waals surface area contributed by atoms with Crippen LogP contribution in [-0.2, 0) is 0 Å². The topological polar surface area (TPSA) is 13.1 Å². The van der Waals surface area contributed by atoms with Crippen molar-refractivity contribution < 1.29 is 25.0 Å². The van der Waals surface area contributed by atoms with Gasteiger partial charge in [-0.1, -0.05) is 151 Å². The van der Waals surface area contributed by atoms with Crippen molar-refractivity contribution in [3.8, 4) is 33.4 Å². The summed E-state index contributed by atoms with van der Waals surface area (Å²) in [6.45, 7) is 0. The number of benzene rings is 10. The second-order valence-corrected chi connectivity index (χ2v) is 12.5. The van der Waals surface area contributed by atoms with Crippen molar-refractivity contribution in [3.63, 3.8) is 0 Å². The van der Waals surface area contributed by atoms with Gasteiger partial charge < -0.3 is 4.42 Å². The Labute approximate surface area is 315 Å². The lowest BCUT2D eigenvalue weighted by Gasteiger charge is -2.18. The van der Waals surface area contributed by atoms with Crippen LogP contribution in [0.3, 0.4) is 0 Å². The molecule has 51 heavy (non-hydrogen) atoms. The van der Waals surface area contributed by atoms with Gasteiger partial charge in [0, 0.05) is 10.8 Å². The van der Waals surface area contributed by atoms with E-state index in [2.05, 4.69) is 6.07 Å². The largest absolute Gasteiger partial charge is 0.456 e. The zero-order valence-electron chi connectivity index (χ0n) is 41.6. The highest BCUT2D eigenvalue weighted by Crippen LogP contribution is 2.45. The molecule has 11 aromatic rings. The number of hydrogen-bond acceptors (Lipinski definition) is 1. The van der Waals surface area contributed by atoms with Crippen LogP contribution in [-0.4, -0.2) is 0 Å². The van der Waals surface area contributed by atoms with E-state index in [-0.39, 0.29) is 32.7 Å². The van der Waals surface area contributed by atoms with Gasteiger partial charge in [0.2, 0.25) is 0 Å². The van der Waals surface area contributed by atoms with Crippen LogP contribution >= 0.6 is 0 Å². The van der Waals surface area contributed by atoms with Crippen molar-refractivity contribution in [2.75, 3.05) is 0 Å². The molecule has 1 heteroatoms. The summed E-state index contributed by atoms with van der Waals surface area (Å²) in [6.07, 6.45) is 0. The van der Waals surface area contributed by atoms with Gasteiger partial charge in [-0.15, -0.1) is 0 Å². The molecule has 0 N–H and O–H groups in total. The predicted octanol–water partition coefficient (Wildman–Crippen LogP) is 14.4. The zero-order valence-corrected chi connectivity index (χ0v) is 26.6. The fourth-order valence-corrected chi connectivity index (χ4v) is 7.46. The van der Waals surface area contributed by atoms with Crippen molar-refractivity contribution in [1.29, 1.82) is 0 Å². The summed E-state index contributed by atoms with van der Waals surface area (Å²) >= 11 is 0. The van der Waals surface area contributed by atoms with E-state index in [1.54, 1.807) is 12.1 Å². The van der Waals surface area contributed by atoms with Crippen LogP contribution in [0.4, 0.5) is 0 Å². The summed E-state index contributed by atoms with van der Waals surface area (Å²) in [4.78, 5) is 0. The van der Waals surface area contributed by atoms with Crippen LogP contribution < -0.4 is 0 Å². The molecule has 0 saturated heterocycles. The van der Waals surface area contributed by atoms with Crippen molar-refractivity contribution in [2.45, 2.75) is 0 Å². The van der Waals surface area contributed by atoms with Gasteiger partial charge in [0.1, 0.15) is 11.2 Å². The van der Waals surface area contributed by atoms with Crippen LogP contribution in [0.5, 0.6) is 0 Å². The quantitative estimate of drug-likeness (QED) is 0.172. The van der Waals surface area contributed by atoms with Crippen molar-refractivity contribution in [2.24, 2.45) is 0 Å². The van der Waals surface area contributed by atoms with Gasteiger partial charge in [-0.3, -0.25) is 0 Å². The van der Waals surface area contributed by atoms with E-state index in [0.717, 1.165) is 43.6 Å². The van der Waals surface area contributed by atoms with E-state index in [1.807, 2.05) is 72.8 Å². The van der Waals surface area contributed by atoms with Gasteiger partial charge in [0.15, 0.2) is 0 Å². The average molecular weight is 662 g/mol. The van der Waals surface area contributed by atoms with Gasteiger partial charge in [-0.25, -0.2) is 0 Å². The molecule has 10 aromatic carbocycles. The molecule has 0 unspecified atom stereocenters. The average Bonchev–Trinajstić information content (AvgIpc) is 3.71. The minimum Gasteiger partial charge on any atom is -0.456 e. The van der Waals surface area contributed by atoms with Gasteiger partial charge in [-0.2, -0.15) is 0 Å². The molecule has 0 fully saturated rings. The van der Waals surface area contributed by atoms with Crippen LogP contribution in [0.1, 0.15) is 20.6 Å². The smallest absolute Gasteiger partial charge is 0.136 e. The maximum atomic E-state index is 9.50. The summed E-state index contributed by atoms with van der Waals surface area (Å²) in [5.41, 5.74) is 2.47. The standard InChI is InChI=1S/C50H30O/c1-2-12-34-28-36(22-20-31(34)10-1)48-40-15-5-7-17-42(40)49(43-18-8-6-16-41(43)48)37-23-21-33-13-9-19-38(45(33)29-37)35-24-26-44-47(30-35)51-46-27-25-32-11-3-4-14-39(32)50(44)46/h1-30H/i1D,2D,5D,6D,7D,8D,10D,12D,15D,16D,17D,18D,20D,22D,28D. The van der Waals surface area contributed by atoms with E-state index in [4.69, 9.17) is 16.8 Å². The third kappa shape index (κ3) is 4.28. The molecule has 0 saturated carbocycles. The highest BCUT2D eigenvalue weighted by molar-refractivity contribution is 6.23. The molecule has 0 aliphatic heterocycles. The molecule has 0 amide bonds. The monoisotopic (exact) mass is 661 g/mol. The molecule has 0 radical (unpaired) electrons. The highest BCUT2D eigenvalue weighted by atomic mass is 16.3. The molecule has 11 rings (SSSR count). The lowest BCUT2D eigenvalue weighted by Crippen LogP contribution is -1.91. The van der Waals surface area contributed by atoms with E-state index in [0.29, 0.717) is 16.5 Å². The van der Waals surface area contributed by atoms with Gasteiger partial charge in [0.25, 0.3) is 0 Å². The van der Waals surface area contributed by atoms with Crippen LogP contribution in [0.25, 0.3) is 109 Å². The number of furan rings is 1. The molecule has 1 aromatic heterocycles. The Balaban J connectivity index is 1.28. The van der Waals surface area contributed by atoms with Gasteiger partial charge in [0.05, 0.1) is 20.6 Å². The molecule has 0 bridgehead atoms. The molecule has 1 nitrogen and oxygen atoms in total. The number of hydrogen-bond donors (Lipinski definition) is 0. The van der Waals surface area contributed by atoms with Crippen molar-refractivity contribution in [1.82, 2.24) is 0 Å². The normalized spacial score (nSPS) is 16.0. The number of rotatable bonds is 3. The first kappa shape index (κ1) is 17.3. The molecule has 0 spiro atoms. The Bertz CT molecular complexity index is 3980. The minimum absolute atomic E-state index is 0.0333. The summed E-state index contributed by atoms with van der Waals surface area (Å²) in [5, 5.41) is 3.77. The maximum absolute atomic E-state index is 9.50. The van der Waals surface area contributed by atoms with Crippen molar-refractivity contribution >= 4 is 75.8 Å². The molecule has 1 heterocycles. The third-order valence-corrected chi connectivity index (χ3v) is 9.72. The first-order chi connectivity index (χ1) is 31.5. The van der Waals surface area contributed by atoms with Crippen LogP contribution in [0.15, 0.2) is 186 Å². The third-order valence-electron chi connectivity index (χ3n) is 9.72. The van der Waals surface area contributed by atoms with Gasteiger partial charge >= 0.3 is 0 Å². The van der Waals surface area contributed by atoms with Crippen molar-refractivity contribution in [3.05, 3.63) is 182 Å². The fourth-order valence-electron chi connectivity index (χ4n) is 7.46. The first-order valence-corrected chi connectivity index (χ1v) is 16.4. The van der Waals surface area contributed by atoms with E-state index in [1.165, 1.54) is 0 Å². The molecular weight excluding hydrogens is 617 g/mol. The minimum atomic E-state index is -0.738. The molecule has 0 aliphatic carbocycles. The second-order valence-electron chi connectivity index (χ2n) is 12.5. The molecule has 0 aliphatic rings. The second kappa shape index (κ2) is 10.9. The Morgan fingerprint density at radius 2 is 1.02 bits per heavy atom. The first-order valence-electron chi connectivity index (χ1n) is 23.9. The van der Waals surface area contributed by atoms with Crippen LogP contribution in [0.2, 0.25) is 0 Å². The summed E-state index contributed by atoms with van der Waals surface area (Å²) in [5.74, 6) is 0. The summed E-state index contributed by atoms with van der Waals surface area (Å²) < 4.78 is 142. The lowest BCUT2D eigenvalue weighted by atomic mass is 9.85. The Morgan fingerprint density at radius 3 is 1.82 bits per heavy atom. The Hall–Kier alpha value is -6.70. The summed E-state index contributed by atoms with van der Waals surface area (Å²) in [6, 6.07) is 19.1. The lowest BCUT2D eigenvalue weighted by molar-refractivity contribution is 0.669. The van der Waals surface area contributed by atoms with E-state index < -0.39 is 107 Å². The van der Waals surface area contributed by atoms with Gasteiger partial charge in [-0.05, 0) is 118 Å². The number of fused-ring (bicyclic) bond motifs is 9. The Morgan fingerprint density at radius 1 is 0.373 bits per heavy atom. The zero-order chi connectivity index (χ0) is 46.5. The maximum Gasteiger partial charge on any atom is 0.136 e. The predicted molar refractivity (Wildman–Crippen MR) is 218 cm³/mol. The van der Waals surface area contributed by atoms with E-state index >= 15 is 0 Å². The Kier molecular flexibility index (Phi) is 3.70. The summed E-state index contributed by atoms with van der Waals surface area (Å²) in [7, 11) is 0. The molecule has 0 atom stereocenters.